The first-order valence-electron chi connectivity index (χ1n) is 31.0. The molecule has 426 valence electrons. The van der Waals surface area contributed by atoms with Gasteiger partial charge in [-0.25, -0.2) is 0 Å². The van der Waals surface area contributed by atoms with Crippen molar-refractivity contribution in [2.24, 2.45) is 0 Å². The first kappa shape index (κ1) is 70.8. The van der Waals surface area contributed by atoms with E-state index in [1.807, 2.05) is 6.08 Å². The molecule has 0 rings (SSSR count). The van der Waals surface area contributed by atoms with Gasteiger partial charge >= 0.3 is 17.9 Å². The molecule has 0 spiro atoms. The monoisotopic (exact) mass is 1040 g/mol. The predicted octanol–water partition coefficient (Wildman–Crippen LogP) is 21.2. The third kappa shape index (κ3) is 60.6. The van der Waals surface area contributed by atoms with E-state index in [1.165, 1.54) is 128 Å². The van der Waals surface area contributed by atoms with E-state index in [0.29, 0.717) is 19.3 Å². The van der Waals surface area contributed by atoms with Crippen molar-refractivity contribution in [3.63, 3.8) is 0 Å². The zero-order valence-electron chi connectivity index (χ0n) is 48.8. The molecule has 6 nitrogen and oxygen atoms in total. The van der Waals surface area contributed by atoms with Crippen LogP contribution in [0.4, 0.5) is 0 Å². The lowest BCUT2D eigenvalue weighted by Crippen LogP contribution is -2.30. The number of hydrogen-bond donors (Lipinski definition) is 0. The molecule has 0 aromatic rings. The molecule has 0 radical (unpaired) electrons. The second-order valence-electron chi connectivity index (χ2n) is 20.2. The van der Waals surface area contributed by atoms with Crippen LogP contribution in [0.25, 0.3) is 0 Å². The van der Waals surface area contributed by atoms with Gasteiger partial charge in [0.05, 0.1) is 0 Å². The highest BCUT2D eigenvalue weighted by atomic mass is 16.6. The third-order valence-corrected chi connectivity index (χ3v) is 13.0. The summed E-state index contributed by atoms with van der Waals surface area (Å²) in [6.07, 6.45) is 86.6. The molecule has 0 fully saturated rings. The minimum Gasteiger partial charge on any atom is -0.462 e. The van der Waals surface area contributed by atoms with Gasteiger partial charge in [0.1, 0.15) is 13.2 Å². The van der Waals surface area contributed by atoms with Crippen LogP contribution in [-0.4, -0.2) is 37.2 Å². The topological polar surface area (TPSA) is 78.9 Å². The maximum atomic E-state index is 12.8. The van der Waals surface area contributed by atoms with Crippen LogP contribution in [0.5, 0.6) is 0 Å². The number of unbranched alkanes of at least 4 members (excludes halogenated alkanes) is 24. The number of carbonyl (C=O) groups is 3. The van der Waals surface area contributed by atoms with E-state index in [-0.39, 0.29) is 31.6 Å². The molecule has 1 atom stereocenters. The number of ether oxygens (including phenoxy) is 3. The molecule has 6 heteroatoms. The summed E-state index contributed by atoms with van der Waals surface area (Å²) in [5.41, 5.74) is 0. The van der Waals surface area contributed by atoms with Crippen LogP contribution in [0.3, 0.4) is 0 Å². The number of rotatable bonds is 55. The van der Waals surface area contributed by atoms with Crippen LogP contribution in [0.15, 0.2) is 122 Å². The lowest BCUT2D eigenvalue weighted by atomic mass is 10.0. The van der Waals surface area contributed by atoms with Gasteiger partial charge in [0.2, 0.25) is 0 Å². The normalized spacial score (nSPS) is 12.9. The van der Waals surface area contributed by atoms with Crippen molar-refractivity contribution >= 4 is 17.9 Å². The highest BCUT2D eigenvalue weighted by Gasteiger charge is 2.19. The Bertz CT molecular complexity index is 1570. The summed E-state index contributed by atoms with van der Waals surface area (Å²) in [5, 5.41) is 0. The minimum absolute atomic E-state index is 0.107. The Kier molecular flexibility index (Phi) is 58.9. The molecule has 0 saturated heterocycles. The van der Waals surface area contributed by atoms with Crippen molar-refractivity contribution in [3.05, 3.63) is 122 Å². The molecule has 0 bridgehead atoms. The maximum absolute atomic E-state index is 12.8. The fourth-order valence-corrected chi connectivity index (χ4v) is 8.40. The highest BCUT2D eigenvalue weighted by molar-refractivity contribution is 5.71. The lowest BCUT2D eigenvalue weighted by Gasteiger charge is -2.18. The largest absolute Gasteiger partial charge is 0.462 e. The lowest BCUT2D eigenvalue weighted by molar-refractivity contribution is -0.166. The van der Waals surface area contributed by atoms with Crippen LogP contribution >= 0.6 is 0 Å². The fourth-order valence-electron chi connectivity index (χ4n) is 8.40. The van der Waals surface area contributed by atoms with Gasteiger partial charge < -0.3 is 14.2 Å². The Hall–Kier alpha value is -4.19. The Morgan fingerprint density at radius 3 is 0.867 bits per heavy atom. The first-order chi connectivity index (χ1) is 37.0. The standard InChI is InChI=1S/C69H114O6/c1-4-7-10-13-16-19-21-23-25-27-29-30-31-32-33-34-35-36-37-38-40-41-43-45-47-50-53-56-59-62-68(71)74-65-66(64-73-67(70)61-58-55-52-49-18-15-12-9-6-3)75-69(72)63-60-57-54-51-48-46-44-42-39-28-26-24-22-20-17-14-11-8-5-2/h7-8,10-11,16-17,19-20,23-26,29-30,39,42,46,48,54,57,66H,4-6,9,12-15,18,21-22,27-28,31-38,40-41,43-45,47,49-53,55-56,58-65H2,1-3H3/b10-7-,11-8-,19-16-,20-17-,25-23-,26-24-,30-29-,42-39-,48-46-,57-54-. The fraction of sp³-hybridized carbons (Fsp3) is 0.667. The Balaban J connectivity index is 4.25. The summed E-state index contributed by atoms with van der Waals surface area (Å²) in [7, 11) is 0. The van der Waals surface area contributed by atoms with E-state index in [2.05, 4.69) is 136 Å². The van der Waals surface area contributed by atoms with E-state index in [0.717, 1.165) is 103 Å². The summed E-state index contributed by atoms with van der Waals surface area (Å²) in [6, 6.07) is 0. The van der Waals surface area contributed by atoms with Crippen molar-refractivity contribution in [3.8, 4) is 0 Å². The van der Waals surface area contributed by atoms with Crippen molar-refractivity contribution in [1.29, 1.82) is 0 Å². The molecule has 0 aliphatic rings. The molecule has 0 aliphatic heterocycles. The maximum Gasteiger partial charge on any atom is 0.306 e. The second kappa shape index (κ2) is 62.4. The molecule has 0 amide bonds. The van der Waals surface area contributed by atoms with E-state index in [4.69, 9.17) is 14.2 Å². The van der Waals surface area contributed by atoms with Crippen molar-refractivity contribution in [1.82, 2.24) is 0 Å². The van der Waals surface area contributed by atoms with Crippen LogP contribution in [0, 0.1) is 0 Å². The van der Waals surface area contributed by atoms with Crippen molar-refractivity contribution in [2.45, 2.75) is 284 Å². The van der Waals surface area contributed by atoms with Crippen LogP contribution in [0.1, 0.15) is 278 Å². The summed E-state index contributed by atoms with van der Waals surface area (Å²) < 4.78 is 16.8. The first-order valence-corrected chi connectivity index (χ1v) is 31.0. The molecule has 0 saturated carbocycles. The number of hydrogen-bond acceptors (Lipinski definition) is 6. The average Bonchev–Trinajstić information content (AvgIpc) is 3.41. The van der Waals surface area contributed by atoms with Gasteiger partial charge in [-0.05, 0) is 96.3 Å². The van der Waals surface area contributed by atoms with Gasteiger partial charge in [0, 0.05) is 19.3 Å². The van der Waals surface area contributed by atoms with Gasteiger partial charge in [0.25, 0.3) is 0 Å². The summed E-state index contributed by atoms with van der Waals surface area (Å²) in [6.45, 7) is 6.34. The van der Waals surface area contributed by atoms with E-state index in [1.54, 1.807) is 0 Å². The zero-order chi connectivity index (χ0) is 54.3. The zero-order valence-corrected chi connectivity index (χ0v) is 48.8. The van der Waals surface area contributed by atoms with Crippen molar-refractivity contribution in [2.75, 3.05) is 13.2 Å². The van der Waals surface area contributed by atoms with Crippen LogP contribution < -0.4 is 0 Å². The molecule has 1 unspecified atom stereocenters. The van der Waals surface area contributed by atoms with Crippen LogP contribution in [-0.2, 0) is 28.6 Å². The number of carbonyl (C=O) groups excluding carboxylic acids is 3. The second-order valence-corrected chi connectivity index (χ2v) is 20.2. The predicted molar refractivity (Wildman–Crippen MR) is 325 cm³/mol. The van der Waals surface area contributed by atoms with E-state index in [9.17, 15) is 14.4 Å². The van der Waals surface area contributed by atoms with Gasteiger partial charge in [-0.3, -0.25) is 14.4 Å². The number of esters is 3. The molecular weight excluding hydrogens is 925 g/mol. The molecule has 0 aromatic heterocycles. The summed E-state index contributed by atoms with van der Waals surface area (Å²) in [5.74, 6) is -0.992. The van der Waals surface area contributed by atoms with Gasteiger partial charge in [-0.2, -0.15) is 0 Å². The Labute approximate surface area is 462 Å². The number of allylic oxidation sites excluding steroid dienone is 20. The van der Waals surface area contributed by atoms with E-state index < -0.39 is 12.1 Å². The molecule has 0 N–H and O–H groups in total. The SMILES string of the molecule is CC/C=C\C/C=C\C/C=C\C/C=C\C/C=C\C/C=C\CCC(=O)OC(COC(=O)CCCCCCCCCCC)COC(=O)CCCCCCCCCCCCCCCCCC/C=C\C/C=C\C/C=C\C/C=C\CC. The quantitative estimate of drug-likeness (QED) is 0.0261. The Morgan fingerprint density at radius 2 is 0.547 bits per heavy atom. The van der Waals surface area contributed by atoms with Crippen LogP contribution in [0.2, 0.25) is 0 Å². The molecular formula is C69H114O6. The Morgan fingerprint density at radius 1 is 0.280 bits per heavy atom. The summed E-state index contributed by atoms with van der Waals surface area (Å²) >= 11 is 0. The minimum atomic E-state index is -0.818. The van der Waals surface area contributed by atoms with Gasteiger partial charge in [-0.15, -0.1) is 0 Å². The van der Waals surface area contributed by atoms with Gasteiger partial charge in [-0.1, -0.05) is 284 Å². The highest BCUT2D eigenvalue weighted by Crippen LogP contribution is 2.16. The van der Waals surface area contributed by atoms with Crippen molar-refractivity contribution < 1.29 is 28.6 Å². The average molecular weight is 1040 g/mol. The molecule has 0 heterocycles. The van der Waals surface area contributed by atoms with Gasteiger partial charge in [0.15, 0.2) is 6.10 Å². The molecule has 0 aliphatic carbocycles. The summed E-state index contributed by atoms with van der Waals surface area (Å²) in [4.78, 5) is 38.1. The molecule has 0 aromatic carbocycles. The third-order valence-electron chi connectivity index (χ3n) is 13.0. The smallest absolute Gasteiger partial charge is 0.306 e. The van der Waals surface area contributed by atoms with E-state index >= 15 is 0 Å². The molecule has 75 heavy (non-hydrogen) atoms.